The van der Waals surface area contributed by atoms with Crippen LogP contribution in [0.5, 0.6) is 0 Å². The van der Waals surface area contributed by atoms with Crippen molar-refractivity contribution >= 4 is 0 Å². The van der Waals surface area contributed by atoms with Crippen molar-refractivity contribution < 1.29 is 0 Å². The third kappa shape index (κ3) is 9.17. The minimum absolute atomic E-state index is 0.963. The predicted molar refractivity (Wildman–Crippen MR) is 147 cm³/mol. The van der Waals surface area contributed by atoms with Gasteiger partial charge in [-0.25, -0.2) is 0 Å². The summed E-state index contributed by atoms with van der Waals surface area (Å²) in [5, 5.41) is 0. The SMILES string of the molecule is C1#CCCCCN2C[C@@H]3CCCCCCCCCCN4CC[C@H]([C@@H](CCCCCC1)C4)[C@@H](C3)C2. The van der Waals surface area contributed by atoms with E-state index in [0.29, 0.717) is 0 Å². The Balaban J connectivity index is 1.46. The Hall–Kier alpha value is -0.520. The van der Waals surface area contributed by atoms with Gasteiger partial charge < -0.3 is 9.80 Å². The Kier molecular flexibility index (Phi) is 12.1. The third-order valence-corrected chi connectivity index (χ3v) is 9.74. The minimum Gasteiger partial charge on any atom is -0.303 e. The molecular weight excluding hydrogens is 412 g/mol. The first-order valence-corrected chi connectivity index (χ1v) is 15.8. The first-order valence-electron chi connectivity index (χ1n) is 15.8. The number of piperidine rings is 2. The van der Waals surface area contributed by atoms with Crippen LogP contribution in [0.3, 0.4) is 0 Å². The van der Waals surface area contributed by atoms with Crippen LogP contribution in [0.1, 0.15) is 128 Å². The molecule has 5 rings (SSSR count). The average molecular weight is 469 g/mol. The second kappa shape index (κ2) is 15.6. The summed E-state index contributed by atoms with van der Waals surface area (Å²) in [5.74, 6) is 10.8. The second-order valence-electron chi connectivity index (χ2n) is 12.5. The van der Waals surface area contributed by atoms with E-state index < -0.39 is 0 Å². The lowest BCUT2D eigenvalue weighted by atomic mass is 9.69. The molecule has 4 saturated heterocycles. The molecule has 5 heterocycles. The van der Waals surface area contributed by atoms with E-state index in [2.05, 4.69) is 21.6 Å². The molecule has 2 nitrogen and oxygen atoms in total. The van der Waals surface area contributed by atoms with Gasteiger partial charge in [-0.2, -0.15) is 0 Å². The van der Waals surface area contributed by atoms with Gasteiger partial charge in [0.15, 0.2) is 0 Å². The van der Waals surface area contributed by atoms with Gasteiger partial charge in [-0.3, -0.25) is 0 Å². The molecule has 5 aliphatic rings. The molecule has 4 fully saturated rings. The van der Waals surface area contributed by atoms with E-state index in [-0.39, 0.29) is 0 Å². The molecule has 0 aromatic rings. The van der Waals surface area contributed by atoms with Gasteiger partial charge >= 0.3 is 0 Å². The van der Waals surface area contributed by atoms with Crippen molar-refractivity contribution in [2.45, 2.75) is 128 Å². The molecule has 0 aromatic heterocycles. The van der Waals surface area contributed by atoms with Crippen molar-refractivity contribution in [3.63, 3.8) is 0 Å². The Morgan fingerprint density at radius 2 is 1.03 bits per heavy atom. The number of hydrogen-bond acceptors (Lipinski definition) is 2. The first-order chi connectivity index (χ1) is 16.9. The van der Waals surface area contributed by atoms with Crippen LogP contribution in [-0.2, 0) is 0 Å². The highest BCUT2D eigenvalue weighted by Crippen LogP contribution is 2.40. The molecule has 0 aromatic carbocycles. The molecule has 5 aliphatic heterocycles. The van der Waals surface area contributed by atoms with Crippen LogP contribution in [0.4, 0.5) is 0 Å². The monoisotopic (exact) mass is 468 g/mol. The third-order valence-electron chi connectivity index (χ3n) is 9.74. The van der Waals surface area contributed by atoms with E-state index in [9.17, 15) is 0 Å². The second-order valence-corrected chi connectivity index (χ2v) is 12.5. The van der Waals surface area contributed by atoms with E-state index >= 15 is 0 Å². The fraction of sp³-hybridized carbons (Fsp3) is 0.938. The Morgan fingerprint density at radius 3 is 1.85 bits per heavy atom. The summed E-state index contributed by atoms with van der Waals surface area (Å²) in [7, 11) is 0. The standard InChI is InChI=1S/C32H56N2/c1-2-5-10-14-18-23-34-26-29-19-15-11-7-4-6-9-13-17-22-33-24-21-32(31(25-29)28-34)30(27-33)20-16-12-8-3-1/h29-32H,1,3-4,6-28H2/t29-,30+,31+,32-/m1/s1. The maximum atomic E-state index is 3.48. The lowest BCUT2D eigenvalue weighted by Gasteiger charge is -2.47. The van der Waals surface area contributed by atoms with E-state index in [1.165, 1.54) is 148 Å². The van der Waals surface area contributed by atoms with Crippen LogP contribution in [-0.4, -0.2) is 49.1 Å². The van der Waals surface area contributed by atoms with Crippen LogP contribution in [0.15, 0.2) is 0 Å². The molecule has 2 heteroatoms. The minimum atomic E-state index is 0.963. The van der Waals surface area contributed by atoms with Gasteiger partial charge in [0.05, 0.1) is 0 Å². The maximum Gasteiger partial charge on any atom is 0.00891 e. The molecule has 6 atom stereocenters. The Morgan fingerprint density at radius 1 is 0.441 bits per heavy atom. The Labute approximate surface area is 213 Å². The molecule has 0 amide bonds. The molecule has 0 spiro atoms. The van der Waals surface area contributed by atoms with E-state index in [1.807, 2.05) is 0 Å². The zero-order chi connectivity index (χ0) is 23.3. The molecule has 0 radical (unpaired) electrons. The summed E-state index contributed by atoms with van der Waals surface area (Å²) in [5.41, 5.74) is 0. The summed E-state index contributed by atoms with van der Waals surface area (Å²) >= 11 is 0. The van der Waals surface area contributed by atoms with E-state index in [4.69, 9.17) is 0 Å². The summed E-state index contributed by atoms with van der Waals surface area (Å²) < 4.78 is 0. The van der Waals surface area contributed by atoms with Crippen molar-refractivity contribution in [3.8, 4) is 11.8 Å². The predicted octanol–water partition coefficient (Wildman–Crippen LogP) is 7.92. The van der Waals surface area contributed by atoms with Gasteiger partial charge in [0.25, 0.3) is 0 Å². The van der Waals surface area contributed by atoms with Gasteiger partial charge in [-0.1, -0.05) is 64.2 Å². The average Bonchev–Trinajstić information content (AvgIpc) is 2.85. The van der Waals surface area contributed by atoms with Crippen LogP contribution in [0, 0.1) is 35.5 Å². The zero-order valence-electron chi connectivity index (χ0n) is 22.6. The molecule has 0 saturated carbocycles. The van der Waals surface area contributed by atoms with Gasteiger partial charge in [0, 0.05) is 32.5 Å². The van der Waals surface area contributed by atoms with Crippen LogP contribution < -0.4 is 0 Å². The normalized spacial score (nSPS) is 37.9. The van der Waals surface area contributed by atoms with Gasteiger partial charge in [0.1, 0.15) is 0 Å². The molecule has 0 aliphatic carbocycles. The Bertz CT molecular complexity index is 604. The largest absolute Gasteiger partial charge is 0.303 e. The van der Waals surface area contributed by atoms with Gasteiger partial charge in [-0.15, -0.1) is 11.8 Å². The van der Waals surface area contributed by atoms with Crippen LogP contribution in [0.25, 0.3) is 0 Å². The summed E-state index contributed by atoms with van der Waals surface area (Å²) in [4.78, 5) is 5.80. The zero-order valence-corrected chi connectivity index (χ0v) is 22.6. The van der Waals surface area contributed by atoms with Crippen LogP contribution >= 0.6 is 0 Å². The highest BCUT2D eigenvalue weighted by atomic mass is 15.1. The first kappa shape index (κ1) is 26.5. The number of hydrogen-bond donors (Lipinski definition) is 0. The maximum absolute atomic E-state index is 3.48. The fourth-order valence-electron chi connectivity index (χ4n) is 7.83. The number of rotatable bonds is 0. The fourth-order valence-corrected chi connectivity index (χ4v) is 7.83. The van der Waals surface area contributed by atoms with Crippen LogP contribution in [0.2, 0.25) is 0 Å². The van der Waals surface area contributed by atoms with Crippen molar-refractivity contribution in [2.75, 3.05) is 39.3 Å². The van der Waals surface area contributed by atoms with Crippen molar-refractivity contribution in [1.82, 2.24) is 9.80 Å². The molecule has 2 unspecified atom stereocenters. The van der Waals surface area contributed by atoms with Gasteiger partial charge in [0.2, 0.25) is 0 Å². The van der Waals surface area contributed by atoms with E-state index in [1.54, 1.807) is 6.42 Å². The smallest absolute Gasteiger partial charge is 0.00891 e. The molecule has 34 heavy (non-hydrogen) atoms. The molecular formula is C32H56N2. The van der Waals surface area contributed by atoms with E-state index in [0.717, 1.165) is 36.5 Å². The quantitative estimate of drug-likeness (QED) is 0.333. The molecule has 6 bridgehead atoms. The topological polar surface area (TPSA) is 6.48 Å². The summed E-state index contributed by atoms with van der Waals surface area (Å²) in [6.45, 7) is 8.31. The molecule has 194 valence electrons. The van der Waals surface area contributed by atoms with Crippen molar-refractivity contribution in [2.24, 2.45) is 23.7 Å². The van der Waals surface area contributed by atoms with Crippen molar-refractivity contribution in [1.29, 1.82) is 0 Å². The number of fused-ring (bicyclic) bond motifs is 11. The summed E-state index contributed by atoms with van der Waals surface area (Å²) in [6, 6.07) is 0. The highest BCUT2D eigenvalue weighted by Gasteiger charge is 2.38. The van der Waals surface area contributed by atoms with Crippen molar-refractivity contribution in [3.05, 3.63) is 0 Å². The lowest BCUT2D eigenvalue weighted by molar-refractivity contribution is 0.0185. The molecule has 0 N–H and O–H groups in total. The van der Waals surface area contributed by atoms with Gasteiger partial charge in [-0.05, 0) is 94.7 Å². The highest BCUT2D eigenvalue weighted by molar-refractivity contribution is 4.98. The lowest BCUT2D eigenvalue weighted by Crippen LogP contribution is -2.49. The summed E-state index contributed by atoms with van der Waals surface area (Å²) in [6.07, 6.45) is 28.4. The number of nitrogens with zero attached hydrogens (tertiary/aromatic N) is 2.